The molecule has 0 aliphatic heterocycles. The molecular formula is C21H19N3O. The molecule has 0 fully saturated rings. The number of hydrogen-bond acceptors (Lipinski definition) is 4. The van der Waals surface area contributed by atoms with E-state index in [1.807, 2.05) is 56.4 Å². The Balaban J connectivity index is 1.86. The van der Waals surface area contributed by atoms with Crippen molar-refractivity contribution in [2.24, 2.45) is 0 Å². The van der Waals surface area contributed by atoms with Gasteiger partial charge in [0.15, 0.2) is 0 Å². The van der Waals surface area contributed by atoms with Crippen molar-refractivity contribution in [2.45, 2.75) is 13.8 Å². The zero-order valence-electron chi connectivity index (χ0n) is 14.3. The molecule has 4 rings (SSSR count). The van der Waals surface area contributed by atoms with Crippen LogP contribution in [-0.4, -0.2) is 16.6 Å². The molecule has 0 radical (unpaired) electrons. The Morgan fingerprint density at radius 2 is 1.88 bits per heavy atom. The molecule has 1 N–H and O–H groups in total. The van der Waals surface area contributed by atoms with E-state index in [1.54, 1.807) is 0 Å². The zero-order valence-corrected chi connectivity index (χ0v) is 14.3. The number of aryl methyl sites for hydroxylation is 1. The summed E-state index contributed by atoms with van der Waals surface area (Å²) >= 11 is 0. The van der Waals surface area contributed by atoms with Crippen LogP contribution in [0.15, 0.2) is 60.8 Å². The Bertz CT molecular complexity index is 1050. The summed E-state index contributed by atoms with van der Waals surface area (Å²) in [6, 6.07) is 18.2. The first-order chi connectivity index (χ1) is 12.2. The lowest BCUT2D eigenvalue weighted by atomic mass is 10.1. The molecule has 25 heavy (non-hydrogen) atoms. The molecule has 2 aromatic heterocycles. The van der Waals surface area contributed by atoms with E-state index in [9.17, 15) is 0 Å². The number of hydrogen-bond donors (Lipinski definition) is 1. The van der Waals surface area contributed by atoms with Gasteiger partial charge in [0.2, 0.25) is 0 Å². The molecule has 2 heterocycles. The average Bonchev–Trinajstić information content (AvgIpc) is 2.63. The van der Waals surface area contributed by atoms with Crippen LogP contribution in [0.1, 0.15) is 12.6 Å². The minimum atomic E-state index is 0.640. The van der Waals surface area contributed by atoms with Crippen LogP contribution in [0.4, 0.5) is 11.4 Å². The summed E-state index contributed by atoms with van der Waals surface area (Å²) in [6.45, 7) is 4.63. The fourth-order valence-electron chi connectivity index (χ4n) is 3.05. The highest BCUT2D eigenvalue weighted by molar-refractivity contribution is 5.98. The minimum absolute atomic E-state index is 0.640. The maximum atomic E-state index is 5.65. The van der Waals surface area contributed by atoms with Crippen LogP contribution in [0, 0.1) is 6.92 Å². The molecule has 0 saturated heterocycles. The summed E-state index contributed by atoms with van der Waals surface area (Å²) < 4.78 is 5.65. The highest BCUT2D eigenvalue weighted by Crippen LogP contribution is 2.31. The normalized spacial score (nSPS) is 11.0. The molecule has 0 aliphatic rings. The van der Waals surface area contributed by atoms with E-state index < -0.39 is 0 Å². The first-order valence-electron chi connectivity index (χ1n) is 8.39. The highest BCUT2D eigenvalue weighted by Gasteiger charge is 2.08. The van der Waals surface area contributed by atoms with Crippen molar-refractivity contribution in [1.82, 2.24) is 9.97 Å². The molecule has 0 saturated carbocycles. The van der Waals surface area contributed by atoms with Crippen LogP contribution in [-0.2, 0) is 0 Å². The Morgan fingerprint density at radius 3 is 2.76 bits per heavy atom. The Morgan fingerprint density at radius 1 is 1.00 bits per heavy atom. The number of rotatable bonds is 4. The lowest BCUT2D eigenvalue weighted by Gasteiger charge is -2.13. The number of ether oxygens (including phenoxy) is 1. The molecular weight excluding hydrogens is 310 g/mol. The Kier molecular flexibility index (Phi) is 3.94. The second-order valence-electron chi connectivity index (χ2n) is 5.93. The van der Waals surface area contributed by atoms with E-state index in [0.29, 0.717) is 6.61 Å². The van der Waals surface area contributed by atoms with Crippen LogP contribution < -0.4 is 10.1 Å². The van der Waals surface area contributed by atoms with Crippen molar-refractivity contribution in [3.8, 4) is 5.75 Å². The number of para-hydroxylation sites is 1. The van der Waals surface area contributed by atoms with Crippen LogP contribution in [0.2, 0.25) is 0 Å². The molecule has 0 atom stereocenters. The van der Waals surface area contributed by atoms with Crippen molar-refractivity contribution < 1.29 is 4.74 Å². The van der Waals surface area contributed by atoms with Gasteiger partial charge in [-0.15, -0.1) is 0 Å². The smallest absolute Gasteiger partial charge is 0.120 e. The topological polar surface area (TPSA) is 47.0 Å². The molecule has 124 valence electrons. The lowest BCUT2D eigenvalue weighted by molar-refractivity contribution is 0.340. The second kappa shape index (κ2) is 6.40. The van der Waals surface area contributed by atoms with E-state index in [2.05, 4.69) is 33.5 Å². The quantitative estimate of drug-likeness (QED) is 0.556. The molecule has 4 heteroatoms. The van der Waals surface area contributed by atoms with Gasteiger partial charge in [0.25, 0.3) is 0 Å². The standard InChI is InChI=1S/C21H19N3O/c1-3-25-16-9-10-18-17(13-16)20(12-14(2)23-18)24-19-8-4-6-15-7-5-11-22-21(15)19/h4-13H,3H2,1-2H3,(H,23,24). The van der Waals surface area contributed by atoms with E-state index in [-0.39, 0.29) is 0 Å². The SMILES string of the molecule is CCOc1ccc2nc(C)cc(Nc3cccc4cccnc34)c2c1. The first kappa shape index (κ1) is 15.4. The van der Waals surface area contributed by atoms with Gasteiger partial charge in [-0.1, -0.05) is 18.2 Å². The third-order valence-electron chi connectivity index (χ3n) is 4.12. The molecule has 0 unspecified atom stereocenters. The molecule has 2 aromatic carbocycles. The minimum Gasteiger partial charge on any atom is -0.494 e. The second-order valence-corrected chi connectivity index (χ2v) is 5.93. The van der Waals surface area contributed by atoms with Gasteiger partial charge in [0.05, 0.1) is 23.3 Å². The molecule has 0 spiro atoms. The third kappa shape index (κ3) is 2.98. The average molecular weight is 329 g/mol. The molecule has 0 amide bonds. The van der Waals surface area contributed by atoms with E-state index in [1.165, 1.54) is 0 Å². The Labute approximate surface area is 146 Å². The number of nitrogens with zero attached hydrogens (tertiary/aromatic N) is 2. The first-order valence-corrected chi connectivity index (χ1v) is 8.39. The van der Waals surface area contributed by atoms with Gasteiger partial charge in [-0.05, 0) is 50.2 Å². The van der Waals surface area contributed by atoms with Crippen LogP contribution in [0.25, 0.3) is 21.8 Å². The predicted octanol–water partition coefficient (Wildman–Crippen LogP) is 5.23. The summed E-state index contributed by atoms with van der Waals surface area (Å²) in [6.07, 6.45) is 1.82. The van der Waals surface area contributed by atoms with E-state index in [0.717, 1.165) is 44.6 Å². The number of benzene rings is 2. The summed E-state index contributed by atoms with van der Waals surface area (Å²) in [4.78, 5) is 9.15. The number of nitrogens with one attached hydrogen (secondary N) is 1. The maximum absolute atomic E-state index is 5.65. The molecule has 4 nitrogen and oxygen atoms in total. The number of anilines is 2. The molecule has 0 bridgehead atoms. The third-order valence-corrected chi connectivity index (χ3v) is 4.12. The predicted molar refractivity (Wildman–Crippen MR) is 103 cm³/mol. The fourth-order valence-corrected chi connectivity index (χ4v) is 3.05. The molecule has 0 aliphatic carbocycles. The highest BCUT2D eigenvalue weighted by atomic mass is 16.5. The van der Waals surface area contributed by atoms with E-state index >= 15 is 0 Å². The fraction of sp³-hybridized carbons (Fsp3) is 0.143. The van der Waals surface area contributed by atoms with Crippen molar-refractivity contribution in [3.05, 3.63) is 66.5 Å². The van der Waals surface area contributed by atoms with Gasteiger partial charge in [-0.2, -0.15) is 0 Å². The van der Waals surface area contributed by atoms with Crippen molar-refractivity contribution in [3.63, 3.8) is 0 Å². The number of aromatic nitrogens is 2. The van der Waals surface area contributed by atoms with Crippen LogP contribution in [0.5, 0.6) is 5.75 Å². The maximum Gasteiger partial charge on any atom is 0.120 e. The Hall–Kier alpha value is -3.14. The number of pyridine rings is 2. The van der Waals surface area contributed by atoms with Crippen LogP contribution in [0.3, 0.4) is 0 Å². The van der Waals surface area contributed by atoms with Crippen LogP contribution >= 0.6 is 0 Å². The van der Waals surface area contributed by atoms with Gasteiger partial charge in [-0.3, -0.25) is 9.97 Å². The number of fused-ring (bicyclic) bond motifs is 2. The van der Waals surface area contributed by atoms with Crippen molar-refractivity contribution in [1.29, 1.82) is 0 Å². The summed E-state index contributed by atoms with van der Waals surface area (Å²) in [5.74, 6) is 0.847. The monoisotopic (exact) mass is 329 g/mol. The van der Waals surface area contributed by atoms with Gasteiger partial charge >= 0.3 is 0 Å². The summed E-state index contributed by atoms with van der Waals surface area (Å²) in [7, 11) is 0. The summed E-state index contributed by atoms with van der Waals surface area (Å²) in [5.41, 5.74) is 4.84. The van der Waals surface area contributed by atoms with E-state index in [4.69, 9.17) is 4.74 Å². The van der Waals surface area contributed by atoms with Gasteiger partial charge in [0, 0.05) is 28.4 Å². The summed E-state index contributed by atoms with van der Waals surface area (Å²) in [5, 5.41) is 5.68. The van der Waals surface area contributed by atoms with Crippen molar-refractivity contribution >= 4 is 33.2 Å². The largest absolute Gasteiger partial charge is 0.494 e. The van der Waals surface area contributed by atoms with Gasteiger partial charge < -0.3 is 10.1 Å². The lowest BCUT2D eigenvalue weighted by Crippen LogP contribution is -1.97. The van der Waals surface area contributed by atoms with Gasteiger partial charge in [-0.25, -0.2) is 0 Å². The van der Waals surface area contributed by atoms with Gasteiger partial charge in [0.1, 0.15) is 5.75 Å². The zero-order chi connectivity index (χ0) is 17.2. The van der Waals surface area contributed by atoms with Crippen molar-refractivity contribution in [2.75, 3.05) is 11.9 Å². The molecule has 4 aromatic rings.